The Morgan fingerprint density at radius 3 is 2.71 bits per heavy atom. The van der Waals surface area contributed by atoms with E-state index in [1.165, 1.54) is 0 Å². The summed E-state index contributed by atoms with van der Waals surface area (Å²) in [5.74, 6) is 1.69. The number of aromatic nitrogens is 2. The van der Waals surface area contributed by atoms with Crippen LogP contribution in [-0.2, 0) is 11.3 Å². The molecule has 1 fully saturated rings. The first-order valence-corrected chi connectivity index (χ1v) is 10.6. The van der Waals surface area contributed by atoms with Gasteiger partial charge in [0.25, 0.3) is 0 Å². The van der Waals surface area contributed by atoms with Crippen LogP contribution in [0.4, 0.5) is 5.69 Å². The highest BCUT2D eigenvalue weighted by Gasteiger charge is 2.35. The van der Waals surface area contributed by atoms with Gasteiger partial charge in [0.1, 0.15) is 11.6 Å². The van der Waals surface area contributed by atoms with Crippen molar-refractivity contribution in [1.29, 1.82) is 0 Å². The summed E-state index contributed by atoms with van der Waals surface area (Å²) in [6.45, 7) is 1.22. The van der Waals surface area contributed by atoms with Crippen molar-refractivity contribution in [2.45, 2.75) is 18.9 Å². The molecule has 0 radical (unpaired) electrons. The Labute approximate surface area is 185 Å². The number of fused-ring (bicyclic) bond motifs is 1. The first-order valence-electron chi connectivity index (χ1n) is 10.3. The summed E-state index contributed by atoms with van der Waals surface area (Å²) in [5.41, 5.74) is 3.89. The van der Waals surface area contributed by atoms with E-state index in [4.69, 9.17) is 21.3 Å². The number of ether oxygens (including phenoxy) is 1. The number of imidazole rings is 1. The number of anilines is 1. The average Bonchev–Trinajstić information content (AvgIpc) is 3.34. The number of para-hydroxylation sites is 4. The molecule has 5 nitrogen and oxygen atoms in total. The Bertz CT molecular complexity index is 1270. The number of benzene rings is 3. The fraction of sp³-hybridized carbons (Fsp3) is 0.200. The van der Waals surface area contributed by atoms with Crippen LogP contribution in [0.2, 0.25) is 5.02 Å². The van der Waals surface area contributed by atoms with Crippen LogP contribution in [0.3, 0.4) is 0 Å². The molecule has 0 spiro atoms. The molecule has 1 aromatic heterocycles. The summed E-state index contributed by atoms with van der Waals surface area (Å²) in [6.07, 6.45) is 0.414. The van der Waals surface area contributed by atoms with E-state index in [0.717, 1.165) is 28.1 Å². The van der Waals surface area contributed by atoms with Crippen LogP contribution in [0.1, 0.15) is 23.7 Å². The van der Waals surface area contributed by atoms with Gasteiger partial charge in [0.15, 0.2) is 0 Å². The summed E-state index contributed by atoms with van der Waals surface area (Å²) >= 11 is 6.22. The van der Waals surface area contributed by atoms with E-state index >= 15 is 0 Å². The monoisotopic (exact) mass is 431 g/mol. The molecule has 4 aromatic rings. The van der Waals surface area contributed by atoms with Crippen molar-refractivity contribution in [3.8, 4) is 5.75 Å². The SMILES string of the molecule is COc1ccccc1N1C[C@H](c2nc3ccccc3n2Cc2cccc(Cl)c2)CC1=O. The van der Waals surface area contributed by atoms with Crippen molar-refractivity contribution >= 4 is 34.2 Å². The van der Waals surface area contributed by atoms with Crippen LogP contribution in [0.25, 0.3) is 11.0 Å². The Hall–Kier alpha value is -3.31. The molecule has 0 saturated carbocycles. The number of hydrogen-bond acceptors (Lipinski definition) is 3. The Morgan fingerprint density at radius 2 is 1.87 bits per heavy atom. The first-order chi connectivity index (χ1) is 15.1. The minimum absolute atomic E-state index is 0.0102. The fourth-order valence-corrected chi connectivity index (χ4v) is 4.57. The summed E-state index contributed by atoms with van der Waals surface area (Å²) in [7, 11) is 1.63. The fourth-order valence-electron chi connectivity index (χ4n) is 4.36. The van der Waals surface area contributed by atoms with Crippen molar-refractivity contribution in [1.82, 2.24) is 9.55 Å². The van der Waals surface area contributed by atoms with Gasteiger partial charge in [-0.15, -0.1) is 0 Å². The Morgan fingerprint density at radius 1 is 1.06 bits per heavy atom. The molecular weight excluding hydrogens is 410 g/mol. The molecule has 1 amide bonds. The van der Waals surface area contributed by atoms with Crippen LogP contribution in [0, 0.1) is 0 Å². The largest absolute Gasteiger partial charge is 0.495 e. The zero-order valence-corrected chi connectivity index (χ0v) is 17.9. The molecule has 3 aromatic carbocycles. The maximum atomic E-state index is 13.0. The summed E-state index contributed by atoms with van der Waals surface area (Å²) < 4.78 is 7.69. The van der Waals surface area contributed by atoms with Gasteiger partial charge in [-0.3, -0.25) is 4.79 Å². The van der Waals surface area contributed by atoms with Gasteiger partial charge in [-0.1, -0.05) is 48.0 Å². The van der Waals surface area contributed by atoms with Crippen LogP contribution in [0.15, 0.2) is 72.8 Å². The van der Waals surface area contributed by atoms with Crippen LogP contribution in [-0.4, -0.2) is 29.1 Å². The third-order valence-electron chi connectivity index (χ3n) is 5.78. The van der Waals surface area contributed by atoms with Crippen LogP contribution >= 0.6 is 11.6 Å². The second-order valence-electron chi connectivity index (χ2n) is 7.75. The van der Waals surface area contributed by atoms with E-state index in [1.807, 2.05) is 65.6 Å². The van der Waals surface area contributed by atoms with Crippen molar-refractivity contribution in [3.05, 3.63) is 89.2 Å². The highest BCUT2D eigenvalue weighted by Crippen LogP contribution is 2.37. The number of hydrogen-bond donors (Lipinski definition) is 0. The first kappa shape index (κ1) is 19.6. The van der Waals surface area contributed by atoms with Gasteiger partial charge in [-0.05, 0) is 42.0 Å². The Balaban J connectivity index is 1.54. The minimum atomic E-state index is -0.0102. The second kappa shape index (κ2) is 8.08. The number of carbonyl (C=O) groups is 1. The quantitative estimate of drug-likeness (QED) is 0.432. The van der Waals surface area contributed by atoms with Crippen molar-refractivity contribution in [2.75, 3.05) is 18.6 Å². The lowest BCUT2D eigenvalue weighted by Gasteiger charge is -2.20. The van der Waals surface area contributed by atoms with Gasteiger partial charge >= 0.3 is 0 Å². The molecule has 1 aliphatic heterocycles. The zero-order valence-electron chi connectivity index (χ0n) is 17.2. The number of amides is 1. The standard InChI is InChI=1S/C25H22ClN3O2/c1-31-23-12-5-4-11-22(23)28-16-18(14-24(28)30)25-27-20-9-2-3-10-21(20)29(25)15-17-7-6-8-19(26)13-17/h2-13,18H,14-16H2,1H3/t18-/m1/s1. The molecular formula is C25H22ClN3O2. The molecule has 1 aliphatic rings. The summed E-state index contributed by atoms with van der Waals surface area (Å²) in [4.78, 5) is 19.7. The van der Waals surface area contributed by atoms with E-state index in [-0.39, 0.29) is 11.8 Å². The minimum Gasteiger partial charge on any atom is -0.495 e. The summed E-state index contributed by atoms with van der Waals surface area (Å²) in [5, 5.41) is 0.710. The highest BCUT2D eigenvalue weighted by atomic mass is 35.5. The molecule has 0 aliphatic carbocycles. The number of rotatable bonds is 5. The normalized spacial score (nSPS) is 16.3. The number of nitrogens with zero attached hydrogens (tertiary/aromatic N) is 3. The third kappa shape index (κ3) is 3.66. The average molecular weight is 432 g/mol. The van der Waals surface area contributed by atoms with Gasteiger partial charge < -0.3 is 14.2 Å². The maximum absolute atomic E-state index is 13.0. The zero-order chi connectivity index (χ0) is 21.4. The summed E-state index contributed by atoms with van der Waals surface area (Å²) in [6, 6.07) is 23.6. The van der Waals surface area contributed by atoms with E-state index in [9.17, 15) is 4.79 Å². The number of methoxy groups -OCH3 is 1. The van der Waals surface area contributed by atoms with Crippen molar-refractivity contribution in [3.63, 3.8) is 0 Å². The molecule has 31 heavy (non-hydrogen) atoms. The number of halogens is 1. The Kier molecular flexibility index (Phi) is 5.12. The predicted molar refractivity (Wildman–Crippen MR) is 123 cm³/mol. The highest BCUT2D eigenvalue weighted by molar-refractivity contribution is 6.30. The number of carbonyl (C=O) groups excluding carboxylic acids is 1. The van der Waals surface area contributed by atoms with Gasteiger partial charge in [-0.25, -0.2) is 4.98 Å². The van der Waals surface area contributed by atoms with Gasteiger partial charge in [-0.2, -0.15) is 0 Å². The molecule has 6 heteroatoms. The van der Waals surface area contributed by atoms with E-state index in [0.29, 0.717) is 30.3 Å². The van der Waals surface area contributed by atoms with E-state index in [2.05, 4.69) is 16.7 Å². The van der Waals surface area contributed by atoms with Crippen molar-refractivity contribution in [2.24, 2.45) is 0 Å². The molecule has 0 unspecified atom stereocenters. The smallest absolute Gasteiger partial charge is 0.227 e. The molecule has 2 heterocycles. The van der Waals surface area contributed by atoms with Gasteiger partial charge in [0, 0.05) is 30.5 Å². The van der Waals surface area contributed by atoms with Crippen LogP contribution in [0.5, 0.6) is 5.75 Å². The van der Waals surface area contributed by atoms with Gasteiger partial charge in [0.05, 0.1) is 23.8 Å². The second-order valence-corrected chi connectivity index (χ2v) is 8.19. The maximum Gasteiger partial charge on any atom is 0.227 e. The molecule has 1 atom stereocenters. The molecule has 5 rings (SSSR count). The topological polar surface area (TPSA) is 47.4 Å². The lowest BCUT2D eigenvalue weighted by atomic mass is 10.1. The third-order valence-corrected chi connectivity index (χ3v) is 6.02. The molecule has 156 valence electrons. The lowest BCUT2D eigenvalue weighted by Crippen LogP contribution is -2.25. The van der Waals surface area contributed by atoms with E-state index < -0.39 is 0 Å². The molecule has 0 bridgehead atoms. The molecule has 1 saturated heterocycles. The van der Waals surface area contributed by atoms with E-state index in [1.54, 1.807) is 7.11 Å². The van der Waals surface area contributed by atoms with Gasteiger partial charge in [0.2, 0.25) is 5.91 Å². The van der Waals surface area contributed by atoms with Crippen LogP contribution < -0.4 is 9.64 Å². The molecule has 0 N–H and O–H groups in total. The van der Waals surface area contributed by atoms with Crippen molar-refractivity contribution < 1.29 is 9.53 Å². The predicted octanol–water partition coefficient (Wildman–Crippen LogP) is 5.27. The lowest BCUT2D eigenvalue weighted by molar-refractivity contribution is -0.117.